The van der Waals surface area contributed by atoms with Crippen LogP contribution in [-0.4, -0.2) is 20.3 Å². The average molecular weight is 169 g/mol. The van der Waals surface area contributed by atoms with Crippen LogP contribution in [0.2, 0.25) is 0 Å². The van der Waals surface area contributed by atoms with Gasteiger partial charge in [-0.3, -0.25) is 0 Å². The van der Waals surface area contributed by atoms with Crippen molar-refractivity contribution in [2.24, 2.45) is 0 Å². The van der Waals surface area contributed by atoms with Crippen LogP contribution in [-0.2, 0) is 0 Å². The highest BCUT2D eigenvalue weighted by molar-refractivity contribution is 5.47. The maximum atomic E-state index is 11.7. The van der Waals surface area contributed by atoms with Crippen LogP contribution >= 0.6 is 0 Å². The van der Waals surface area contributed by atoms with Crippen molar-refractivity contribution in [1.82, 2.24) is 0 Å². The first kappa shape index (κ1) is 8.84. The number of rotatable bonds is 4. The van der Waals surface area contributed by atoms with Crippen molar-refractivity contribution in [1.29, 1.82) is 0 Å². The zero-order valence-corrected chi connectivity index (χ0v) is 7.01. The smallest absolute Gasteiger partial charge is 0.123 e. The van der Waals surface area contributed by atoms with Crippen LogP contribution in [0.3, 0.4) is 0 Å². The minimum Gasteiger partial charge on any atom is -0.491 e. The standard InChI is InChI=1S/C9H12FNO/c1-11-8-3-2-4-9(7-8)12-6-5-10/h2-4,7,11H,5-6H2,1H3. The summed E-state index contributed by atoms with van der Waals surface area (Å²) >= 11 is 0. The van der Waals surface area contributed by atoms with E-state index in [1.807, 2.05) is 25.2 Å². The summed E-state index contributed by atoms with van der Waals surface area (Å²) in [7, 11) is 1.83. The van der Waals surface area contributed by atoms with Crippen molar-refractivity contribution < 1.29 is 9.13 Å². The zero-order valence-electron chi connectivity index (χ0n) is 7.01. The Morgan fingerprint density at radius 2 is 2.33 bits per heavy atom. The van der Waals surface area contributed by atoms with Crippen molar-refractivity contribution in [2.75, 3.05) is 25.6 Å². The van der Waals surface area contributed by atoms with Crippen LogP contribution in [0.4, 0.5) is 10.1 Å². The van der Waals surface area contributed by atoms with Gasteiger partial charge in [0.1, 0.15) is 19.0 Å². The summed E-state index contributed by atoms with van der Waals surface area (Å²) in [5.74, 6) is 0.694. The Labute approximate surface area is 71.4 Å². The van der Waals surface area contributed by atoms with Crippen molar-refractivity contribution in [2.45, 2.75) is 0 Å². The molecule has 0 atom stereocenters. The molecule has 0 radical (unpaired) electrons. The Morgan fingerprint density at radius 3 is 3.00 bits per heavy atom. The third-order valence-electron chi connectivity index (χ3n) is 1.47. The van der Waals surface area contributed by atoms with E-state index in [4.69, 9.17) is 4.74 Å². The lowest BCUT2D eigenvalue weighted by Gasteiger charge is -2.05. The second-order valence-corrected chi connectivity index (χ2v) is 2.32. The molecule has 0 fully saturated rings. The van der Waals surface area contributed by atoms with Crippen molar-refractivity contribution >= 4 is 5.69 Å². The zero-order chi connectivity index (χ0) is 8.81. The molecule has 0 aliphatic heterocycles. The number of ether oxygens (including phenoxy) is 1. The van der Waals surface area contributed by atoms with E-state index >= 15 is 0 Å². The predicted molar refractivity (Wildman–Crippen MR) is 47.5 cm³/mol. The molecule has 0 unspecified atom stereocenters. The molecule has 0 amide bonds. The van der Waals surface area contributed by atoms with E-state index in [1.165, 1.54) is 0 Å². The summed E-state index contributed by atoms with van der Waals surface area (Å²) in [5, 5.41) is 2.97. The minimum atomic E-state index is -0.455. The molecule has 1 aromatic carbocycles. The van der Waals surface area contributed by atoms with E-state index in [9.17, 15) is 4.39 Å². The third-order valence-corrected chi connectivity index (χ3v) is 1.47. The SMILES string of the molecule is CNc1cccc(OCCF)c1. The van der Waals surface area contributed by atoms with E-state index in [-0.39, 0.29) is 6.61 Å². The molecule has 0 heterocycles. The molecule has 1 rings (SSSR count). The van der Waals surface area contributed by atoms with E-state index in [0.717, 1.165) is 5.69 Å². The van der Waals surface area contributed by atoms with Gasteiger partial charge >= 0.3 is 0 Å². The lowest BCUT2D eigenvalue weighted by molar-refractivity contribution is 0.273. The van der Waals surface area contributed by atoms with Gasteiger partial charge in [-0.1, -0.05) is 6.07 Å². The molecule has 12 heavy (non-hydrogen) atoms. The largest absolute Gasteiger partial charge is 0.491 e. The fourth-order valence-electron chi connectivity index (χ4n) is 0.898. The fourth-order valence-corrected chi connectivity index (χ4v) is 0.898. The van der Waals surface area contributed by atoms with Crippen molar-refractivity contribution in [3.8, 4) is 5.75 Å². The quantitative estimate of drug-likeness (QED) is 0.745. The van der Waals surface area contributed by atoms with Gasteiger partial charge in [-0.2, -0.15) is 0 Å². The summed E-state index contributed by atoms with van der Waals surface area (Å²) in [6.45, 7) is -0.336. The monoisotopic (exact) mass is 169 g/mol. The van der Waals surface area contributed by atoms with Crippen LogP contribution in [0.15, 0.2) is 24.3 Å². The van der Waals surface area contributed by atoms with Gasteiger partial charge in [-0.05, 0) is 12.1 Å². The first-order chi connectivity index (χ1) is 5.86. The number of hydrogen-bond acceptors (Lipinski definition) is 2. The van der Waals surface area contributed by atoms with Crippen LogP contribution in [0.5, 0.6) is 5.75 Å². The Morgan fingerprint density at radius 1 is 1.50 bits per heavy atom. The first-order valence-electron chi connectivity index (χ1n) is 3.83. The van der Waals surface area contributed by atoms with Gasteiger partial charge < -0.3 is 10.1 Å². The molecule has 0 aliphatic carbocycles. The van der Waals surface area contributed by atoms with Crippen LogP contribution in [0.1, 0.15) is 0 Å². The predicted octanol–water partition coefficient (Wildman–Crippen LogP) is 2.08. The summed E-state index contributed by atoms with van der Waals surface area (Å²) in [6.07, 6.45) is 0. The number of benzene rings is 1. The average Bonchev–Trinajstić information content (AvgIpc) is 2.15. The molecule has 0 aromatic heterocycles. The Kier molecular flexibility index (Phi) is 3.38. The minimum absolute atomic E-state index is 0.118. The molecule has 3 heteroatoms. The van der Waals surface area contributed by atoms with Gasteiger partial charge in [-0.25, -0.2) is 4.39 Å². The second-order valence-electron chi connectivity index (χ2n) is 2.32. The van der Waals surface area contributed by atoms with Crippen molar-refractivity contribution in [3.63, 3.8) is 0 Å². The first-order valence-corrected chi connectivity index (χ1v) is 3.83. The molecule has 2 nitrogen and oxygen atoms in total. The summed E-state index contributed by atoms with van der Waals surface area (Å²) in [5.41, 5.74) is 0.964. The van der Waals surface area contributed by atoms with Gasteiger partial charge in [0.2, 0.25) is 0 Å². The summed E-state index contributed by atoms with van der Waals surface area (Å²) in [6, 6.07) is 7.41. The number of hydrogen-bond donors (Lipinski definition) is 1. The van der Waals surface area contributed by atoms with Gasteiger partial charge in [0.05, 0.1) is 0 Å². The number of nitrogens with one attached hydrogen (secondary N) is 1. The van der Waals surface area contributed by atoms with Gasteiger partial charge in [0.15, 0.2) is 0 Å². The highest BCUT2D eigenvalue weighted by atomic mass is 19.1. The van der Waals surface area contributed by atoms with Crippen molar-refractivity contribution in [3.05, 3.63) is 24.3 Å². The van der Waals surface area contributed by atoms with Gasteiger partial charge in [0.25, 0.3) is 0 Å². The molecule has 0 saturated heterocycles. The van der Waals surface area contributed by atoms with Gasteiger partial charge in [0, 0.05) is 18.8 Å². The van der Waals surface area contributed by atoms with E-state index in [1.54, 1.807) is 6.07 Å². The van der Waals surface area contributed by atoms with Gasteiger partial charge in [-0.15, -0.1) is 0 Å². The Balaban J connectivity index is 2.60. The molecule has 0 saturated carbocycles. The van der Waals surface area contributed by atoms with E-state index in [2.05, 4.69) is 5.32 Å². The van der Waals surface area contributed by atoms with Crippen LogP contribution in [0, 0.1) is 0 Å². The lowest BCUT2D eigenvalue weighted by Crippen LogP contribution is -1.98. The maximum Gasteiger partial charge on any atom is 0.123 e. The molecular formula is C9H12FNO. The highest BCUT2D eigenvalue weighted by Crippen LogP contribution is 2.16. The summed E-state index contributed by atoms with van der Waals surface area (Å²) < 4.78 is 16.8. The number of anilines is 1. The topological polar surface area (TPSA) is 21.3 Å². The Hall–Kier alpha value is -1.25. The molecule has 1 aromatic rings. The van der Waals surface area contributed by atoms with E-state index in [0.29, 0.717) is 5.75 Å². The molecule has 0 spiro atoms. The molecule has 0 bridgehead atoms. The normalized spacial score (nSPS) is 9.50. The van der Waals surface area contributed by atoms with E-state index < -0.39 is 6.67 Å². The molecular weight excluding hydrogens is 157 g/mol. The van der Waals surface area contributed by atoms with Crippen LogP contribution < -0.4 is 10.1 Å². The maximum absolute atomic E-state index is 11.7. The lowest BCUT2D eigenvalue weighted by atomic mass is 10.3. The molecule has 66 valence electrons. The fraction of sp³-hybridized carbons (Fsp3) is 0.333. The highest BCUT2D eigenvalue weighted by Gasteiger charge is 1.93. The van der Waals surface area contributed by atoms with Crippen LogP contribution in [0.25, 0.3) is 0 Å². The summed E-state index contributed by atoms with van der Waals surface area (Å²) in [4.78, 5) is 0. The molecule has 0 aliphatic rings. The third kappa shape index (κ3) is 2.42. The Bertz CT molecular complexity index is 240. The number of halogens is 1. The number of alkyl halides is 1. The second kappa shape index (κ2) is 4.59. The molecule has 1 N–H and O–H groups in total.